The molecule has 0 aliphatic heterocycles. The largest absolute Gasteiger partial charge is 0.493 e. The number of aromatic nitrogens is 1. The minimum Gasteiger partial charge on any atom is -0.493 e. The number of halogens is 1. The Morgan fingerprint density at radius 3 is 2.71 bits per heavy atom. The molecule has 3 N–H and O–H groups in total. The maximum atomic E-state index is 13.3. The van der Waals surface area contributed by atoms with Crippen LogP contribution in [-0.4, -0.2) is 36.0 Å². The zero-order chi connectivity index (χ0) is 20.1. The van der Waals surface area contributed by atoms with Crippen LogP contribution >= 0.6 is 12.2 Å². The van der Waals surface area contributed by atoms with Crippen LogP contribution in [0.4, 0.5) is 10.1 Å². The quantitative estimate of drug-likeness (QED) is 0.424. The molecule has 0 radical (unpaired) electrons. The fraction of sp³-hybridized carbons (Fsp3) is 0.211. The third kappa shape index (κ3) is 4.37. The van der Waals surface area contributed by atoms with Crippen molar-refractivity contribution in [3.05, 3.63) is 47.8 Å². The molecule has 7 nitrogen and oxygen atoms in total. The number of fused-ring (bicyclic) bond motifs is 1. The Morgan fingerprint density at radius 2 is 1.96 bits per heavy atom. The molecule has 0 aliphatic carbocycles. The lowest BCUT2D eigenvalue weighted by molar-refractivity contribution is 0.354. The van der Waals surface area contributed by atoms with Gasteiger partial charge < -0.3 is 24.9 Å². The molecule has 3 aromatic rings. The molecular weight excluding hydrogens is 383 g/mol. The lowest BCUT2D eigenvalue weighted by Crippen LogP contribution is -2.21. The van der Waals surface area contributed by atoms with Gasteiger partial charge in [0, 0.05) is 11.9 Å². The number of rotatable bonds is 6. The second kappa shape index (κ2) is 8.66. The van der Waals surface area contributed by atoms with Gasteiger partial charge in [0.1, 0.15) is 5.82 Å². The van der Waals surface area contributed by atoms with E-state index in [-0.39, 0.29) is 16.7 Å². The molecule has 146 valence electrons. The molecule has 0 aliphatic rings. The Morgan fingerprint density at radius 1 is 1.18 bits per heavy atom. The standard InChI is InChI=1S/C19H19FN4O3S/c1-26-15-6-3-11(9-16(15)27-2)7-8-21-19(28)24-23-17-13-5-4-12(20)10-14(13)22-18(17)25/h3-6,9-10,22,25H,7-8H2,1-2H3,(H,21,28). The van der Waals surface area contributed by atoms with E-state index in [2.05, 4.69) is 20.5 Å². The van der Waals surface area contributed by atoms with Gasteiger partial charge in [0.15, 0.2) is 17.2 Å². The van der Waals surface area contributed by atoms with Gasteiger partial charge in [-0.3, -0.25) is 0 Å². The third-order valence-electron chi connectivity index (χ3n) is 4.09. The minimum absolute atomic E-state index is 0.177. The maximum Gasteiger partial charge on any atom is 0.218 e. The molecule has 1 aromatic heterocycles. The Hall–Kier alpha value is -3.20. The molecule has 0 fully saturated rings. The van der Waals surface area contributed by atoms with E-state index < -0.39 is 5.82 Å². The first kappa shape index (κ1) is 19.6. The number of aromatic amines is 1. The van der Waals surface area contributed by atoms with Crippen molar-refractivity contribution in [1.82, 2.24) is 10.3 Å². The van der Waals surface area contributed by atoms with E-state index in [9.17, 15) is 9.50 Å². The van der Waals surface area contributed by atoms with E-state index in [0.717, 1.165) is 5.56 Å². The van der Waals surface area contributed by atoms with Crippen molar-refractivity contribution in [3.8, 4) is 17.4 Å². The van der Waals surface area contributed by atoms with E-state index in [4.69, 9.17) is 21.7 Å². The number of aromatic hydroxyl groups is 1. The van der Waals surface area contributed by atoms with E-state index >= 15 is 0 Å². The molecule has 0 unspecified atom stereocenters. The number of H-pyrrole nitrogens is 1. The predicted molar refractivity (Wildman–Crippen MR) is 108 cm³/mol. The summed E-state index contributed by atoms with van der Waals surface area (Å²) >= 11 is 5.15. The van der Waals surface area contributed by atoms with Crippen LogP contribution < -0.4 is 14.8 Å². The van der Waals surface area contributed by atoms with Crippen LogP contribution in [0.5, 0.6) is 17.4 Å². The monoisotopic (exact) mass is 402 g/mol. The van der Waals surface area contributed by atoms with Crippen LogP contribution in [0.2, 0.25) is 0 Å². The van der Waals surface area contributed by atoms with Gasteiger partial charge in [-0.1, -0.05) is 6.07 Å². The summed E-state index contributed by atoms with van der Waals surface area (Å²) in [4.78, 5) is 2.65. The first-order valence-corrected chi connectivity index (χ1v) is 8.83. The minimum atomic E-state index is -0.412. The van der Waals surface area contributed by atoms with Gasteiger partial charge in [0.2, 0.25) is 11.0 Å². The van der Waals surface area contributed by atoms with Crippen LogP contribution in [0.1, 0.15) is 5.56 Å². The predicted octanol–water partition coefficient (Wildman–Crippen LogP) is 4.23. The van der Waals surface area contributed by atoms with Crippen LogP contribution in [0, 0.1) is 5.82 Å². The summed E-state index contributed by atoms with van der Waals surface area (Å²) in [7, 11) is 3.18. The number of azo groups is 1. The van der Waals surface area contributed by atoms with E-state index in [1.54, 1.807) is 14.2 Å². The molecule has 0 amide bonds. The third-order valence-corrected chi connectivity index (χ3v) is 4.32. The van der Waals surface area contributed by atoms with Gasteiger partial charge in [-0.05, 0) is 54.5 Å². The number of hydrogen-bond donors (Lipinski definition) is 3. The molecule has 0 saturated carbocycles. The smallest absolute Gasteiger partial charge is 0.218 e. The molecule has 0 atom stereocenters. The van der Waals surface area contributed by atoms with Crippen molar-refractivity contribution in [2.75, 3.05) is 20.8 Å². The molecule has 0 spiro atoms. The molecule has 1 heterocycles. The number of methoxy groups -OCH3 is 2. The molecular formula is C19H19FN4O3S. The second-order valence-corrected chi connectivity index (χ2v) is 6.27. The zero-order valence-corrected chi connectivity index (χ0v) is 16.1. The molecule has 0 saturated heterocycles. The van der Waals surface area contributed by atoms with Gasteiger partial charge in [-0.15, -0.1) is 10.2 Å². The summed E-state index contributed by atoms with van der Waals surface area (Å²) in [6.07, 6.45) is 0.688. The van der Waals surface area contributed by atoms with Crippen molar-refractivity contribution in [2.45, 2.75) is 6.42 Å². The summed E-state index contributed by atoms with van der Waals surface area (Å²) in [5.41, 5.74) is 1.68. The highest BCUT2D eigenvalue weighted by Crippen LogP contribution is 2.35. The van der Waals surface area contributed by atoms with Crippen LogP contribution in [0.3, 0.4) is 0 Å². The summed E-state index contributed by atoms with van der Waals surface area (Å²) in [6, 6.07) is 9.75. The lowest BCUT2D eigenvalue weighted by atomic mass is 10.1. The number of thiocarbonyl (C=S) groups is 1. The summed E-state index contributed by atoms with van der Waals surface area (Å²) in [5.74, 6) is 0.720. The summed E-state index contributed by atoms with van der Waals surface area (Å²) < 4.78 is 23.8. The normalized spacial score (nSPS) is 11.1. The van der Waals surface area contributed by atoms with Crippen molar-refractivity contribution < 1.29 is 19.0 Å². The Bertz CT molecular complexity index is 1040. The fourth-order valence-electron chi connectivity index (χ4n) is 2.72. The van der Waals surface area contributed by atoms with Gasteiger partial charge in [-0.25, -0.2) is 4.39 Å². The highest BCUT2D eigenvalue weighted by Gasteiger charge is 2.11. The summed E-state index contributed by atoms with van der Waals surface area (Å²) in [6.45, 7) is 0.540. The first-order valence-electron chi connectivity index (χ1n) is 8.42. The second-order valence-electron chi connectivity index (χ2n) is 5.88. The van der Waals surface area contributed by atoms with Crippen molar-refractivity contribution >= 4 is 33.9 Å². The highest BCUT2D eigenvalue weighted by atomic mass is 32.1. The Kier molecular flexibility index (Phi) is 6.05. The van der Waals surface area contributed by atoms with Crippen molar-refractivity contribution in [2.24, 2.45) is 10.2 Å². The van der Waals surface area contributed by atoms with E-state index in [0.29, 0.717) is 35.4 Å². The summed E-state index contributed by atoms with van der Waals surface area (Å²) in [5, 5.41) is 21.5. The van der Waals surface area contributed by atoms with Crippen LogP contribution in [-0.2, 0) is 6.42 Å². The van der Waals surface area contributed by atoms with Crippen LogP contribution in [0.15, 0.2) is 46.6 Å². The maximum absolute atomic E-state index is 13.3. The lowest BCUT2D eigenvalue weighted by Gasteiger charge is -2.09. The zero-order valence-electron chi connectivity index (χ0n) is 15.3. The average Bonchev–Trinajstić information content (AvgIpc) is 3.00. The highest BCUT2D eigenvalue weighted by molar-refractivity contribution is 7.80. The number of benzene rings is 2. The fourth-order valence-corrected chi connectivity index (χ4v) is 2.87. The van der Waals surface area contributed by atoms with E-state index in [1.165, 1.54) is 18.2 Å². The molecule has 2 aromatic carbocycles. The molecule has 9 heteroatoms. The Balaban J connectivity index is 1.60. The number of nitrogens with one attached hydrogen (secondary N) is 2. The van der Waals surface area contributed by atoms with Crippen molar-refractivity contribution in [3.63, 3.8) is 0 Å². The molecule has 28 heavy (non-hydrogen) atoms. The number of hydrogen-bond acceptors (Lipinski definition) is 5. The van der Waals surface area contributed by atoms with Crippen molar-refractivity contribution in [1.29, 1.82) is 0 Å². The van der Waals surface area contributed by atoms with E-state index in [1.807, 2.05) is 18.2 Å². The van der Waals surface area contributed by atoms with Gasteiger partial charge >= 0.3 is 0 Å². The Labute approximate surface area is 166 Å². The molecule has 3 rings (SSSR count). The first-order chi connectivity index (χ1) is 13.5. The number of ether oxygens (including phenoxy) is 2. The van der Waals surface area contributed by atoms with Gasteiger partial charge in [0.05, 0.1) is 19.7 Å². The average molecular weight is 402 g/mol. The topological polar surface area (TPSA) is 91.2 Å². The van der Waals surface area contributed by atoms with Gasteiger partial charge in [0.25, 0.3) is 0 Å². The number of nitrogens with zero attached hydrogens (tertiary/aromatic N) is 2. The SMILES string of the molecule is COc1ccc(CCNC(=S)N=Nc2c(O)[nH]c3cc(F)ccc23)cc1OC. The molecule has 0 bridgehead atoms. The van der Waals surface area contributed by atoms with Gasteiger partial charge in [-0.2, -0.15) is 0 Å². The van der Waals surface area contributed by atoms with Crippen LogP contribution in [0.25, 0.3) is 10.9 Å².